The fourth-order valence-corrected chi connectivity index (χ4v) is 2.26. The van der Waals surface area contributed by atoms with E-state index in [0.717, 1.165) is 36.0 Å². The van der Waals surface area contributed by atoms with Crippen LogP contribution >= 0.6 is 11.9 Å². The normalized spacial score (nSPS) is 18.7. The van der Waals surface area contributed by atoms with Crippen LogP contribution in [0.5, 0.6) is 0 Å². The van der Waals surface area contributed by atoms with Crippen LogP contribution in [0.2, 0.25) is 0 Å². The van der Waals surface area contributed by atoms with E-state index in [-0.39, 0.29) is 5.82 Å². The molecule has 1 unspecified atom stereocenters. The molecule has 0 amide bonds. The predicted octanol–water partition coefficient (Wildman–Crippen LogP) is 1.48. The van der Waals surface area contributed by atoms with Gasteiger partial charge in [-0.15, -0.1) is 0 Å². The van der Waals surface area contributed by atoms with Gasteiger partial charge in [-0.3, -0.25) is 5.14 Å². The molecule has 0 saturated carbocycles. The van der Waals surface area contributed by atoms with E-state index in [4.69, 9.17) is 10.9 Å². The smallest absolute Gasteiger partial charge is 0.138 e. The Labute approximate surface area is 92.5 Å². The summed E-state index contributed by atoms with van der Waals surface area (Å²) in [5, 5.41) is 8.69. The number of hydrogen-bond donors (Lipinski definition) is 3. The molecule has 0 saturated heterocycles. The topological polar surface area (TPSA) is 64.1 Å². The molecule has 0 spiro atoms. The molecule has 15 heavy (non-hydrogen) atoms. The van der Waals surface area contributed by atoms with E-state index < -0.39 is 0 Å². The number of rotatable bonds is 3. The Morgan fingerprint density at radius 1 is 1.53 bits per heavy atom. The number of nitrogens with one attached hydrogen (secondary N) is 1. The van der Waals surface area contributed by atoms with Crippen molar-refractivity contribution in [2.45, 2.75) is 23.8 Å². The van der Waals surface area contributed by atoms with Crippen LogP contribution in [-0.4, -0.2) is 12.6 Å². The van der Waals surface area contributed by atoms with Crippen molar-refractivity contribution in [2.24, 2.45) is 10.9 Å². The van der Waals surface area contributed by atoms with Gasteiger partial charge in [0.15, 0.2) is 0 Å². The Morgan fingerprint density at radius 2 is 2.33 bits per heavy atom. The minimum atomic E-state index is -0.239. The molecule has 0 bridgehead atoms. The molecule has 1 aliphatic rings. The van der Waals surface area contributed by atoms with Crippen molar-refractivity contribution in [2.75, 3.05) is 11.9 Å². The van der Waals surface area contributed by atoms with Crippen molar-refractivity contribution < 1.29 is 4.39 Å². The van der Waals surface area contributed by atoms with Gasteiger partial charge in [0, 0.05) is 11.7 Å². The predicted molar refractivity (Wildman–Crippen MR) is 61.2 cm³/mol. The molecular weight excluding hydrogens is 213 g/mol. The van der Waals surface area contributed by atoms with Gasteiger partial charge in [-0.1, -0.05) is 0 Å². The van der Waals surface area contributed by atoms with E-state index in [1.807, 2.05) is 0 Å². The second-order valence-electron chi connectivity index (χ2n) is 3.68. The fourth-order valence-electron chi connectivity index (χ4n) is 1.90. The third-order valence-corrected chi connectivity index (χ3v) is 3.19. The number of halogens is 1. The minimum Gasteiger partial charge on any atom is -0.382 e. The highest BCUT2D eigenvalue weighted by atomic mass is 32.2. The van der Waals surface area contributed by atoms with Gasteiger partial charge >= 0.3 is 0 Å². The Hall–Kier alpha value is -0.780. The maximum Gasteiger partial charge on any atom is 0.138 e. The van der Waals surface area contributed by atoms with Gasteiger partial charge in [-0.05, 0) is 49.0 Å². The number of anilines is 1. The average Bonchev–Trinajstić information content (AvgIpc) is 2.58. The maximum atomic E-state index is 13.4. The lowest BCUT2D eigenvalue weighted by atomic mass is 10.1. The number of benzene rings is 1. The Balaban J connectivity index is 2.23. The molecule has 1 aliphatic heterocycles. The summed E-state index contributed by atoms with van der Waals surface area (Å²) in [4.78, 5) is 0.481. The monoisotopic (exact) mass is 227 g/mol. The van der Waals surface area contributed by atoms with Gasteiger partial charge in [-0.2, -0.15) is 0 Å². The van der Waals surface area contributed by atoms with Crippen LogP contribution in [0, 0.1) is 5.82 Å². The lowest BCUT2D eigenvalue weighted by Gasteiger charge is -2.08. The first kappa shape index (κ1) is 10.7. The maximum absolute atomic E-state index is 13.4. The lowest BCUT2D eigenvalue weighted by molar-refractivity contribution is 0.600. The zero-order valence-electron chi connectivity index (χ0n) is 8.29. The highest BCUT2D eigenvalue weighted by molar-refractivity contribution is 7.97. The Morgan fingerprint density at radius 3 is 3.00 bits per heavy atom. The molecule has 2 rings (SSSR count). The first-order valence-electron chi connectivity index (χ1n) is 4.90. The standard InChI is InChI=1S/C10H14FN3S/c11-8-4-6-3-7(1-2-12)14-9(6)5-10(8)15-13/h4-5,7,14H,1-3,12-13H2. The van der Waals surface area contributed by atoms with Crippen molar-refractivity contribution in [3.8, 4) is 0 Å². The molecule has 0 fully saturated rings. The molecule has 0 aliphatic carbocycles. The van der Waals surface area contributed by atoms with Gasteiger partial charge in [0.1, 0.15) is 5.82 Å². The minimum absolute atomic E-state index is 0.239. The Kier molecular flexibility index (Phi) is 3.14. The van der Waals surface area contributed by atoms with Gasteiger partial charge in [-0.25, -0.2) is 4.39 Å². The van der Waals surface area contributed by atoms with E-state index in [9.17, 15) is 4.39 Å². The van der Waals surface area contributed by atoms with Crippen LogP contribution in [0.1, 0.15) is 12.0 Å². The molecule has 0 radical (unpaired) electrons. The molecule has 5 heteroatoms. The van der Waals surface area contributed by atoms with Crippen LogP contribution in [0.25, 0.3) is 0 Å². The number of nitrogens with two attached hydrogens (primary N) is 2. The van der Waals surface area contributed by atoms with Crippen LogP contribution in [0.4, 0.5) is 10.1 Å². The van der Waals surface area contributed by atoms with Gasteiger partial charge in [0.05, 0.1) is 4.90 Å². The average molecular weight is 227 g/mol. The summed E-state index contributed by atoms with van der Waals surface area (Å²) in [5.41, 5.74) is 7.50. The van der Waals surface area contributed by atoms with Crippen LogP contribution in [0.3, 0.4) is 0 Å². The van der Waals surface area contributed by atoms with E-state index in [1.54, 1.807) is 12.1 Å². The first-order valence-corrected chi connectivity index (χ1v) is 5.78. The van der Waals surface area contributed by atoms with Gasteiger partial charge in [0.2, 0.25) is 0 Å². The molecule has 3 nitrogen and oxygen atoms in total. The lowest BCUT2D eigenvalue weighted by Crippen LogP contribution is -2.19. The quantitative estimate of drug-likeness (QED) is 0.684. The second kappa shape index (κ2) is 4.38. The van der Waals surface area contributed by atoms with Crippen molar-refractivity contribution in [3.63, 3.8) is 0 Å². The third-order valence-electron chi connectivity index (χ3n) is 2.63. The molecule has 5 N–H and O–H groups in total. The van der Waals surface area contributed by atoms with Crippen LogP contribution in [-0.2, 0) is 6.42 Å². The van der Waals surface area contributed by atoms with Crippen LogP contribution in [0.15, 0.2) is 17.0 Å². The fraction of sp³-hybridized carbons (Fsp3) is 0.400. The number of fused-ring (bicyclic) bond motifs is 1. The zero-order chi connectivity index (χ0) is 10.8. The van der Waals surface area contributed by atoms with Gasteiger partial charge in [0.25, 0.3) is 0 Å². The molecule has 1 heterocycles. The molecule has 0 aromatic heterocycles. The zero-order valence-corrected chi connectivity index (χ0v) is 9.11. The summed E-state index contributed by atoms with van der Waals surface area (Å²) >= 11 is 0.936. The van der Waals surface area contributed by atoms with E-state index in [0.29, 0.717) is 17.5 Å². The van der Waals surface area contributed by atoms with Crippen molar-refractivity contribution in [1.82, 2.24) is 0 Å². The summed E-state index contributed by atoms with van der Waals surface area (Å²) in [6.07, 6.45) is 1.75. The van der Waals surface area contributed by atoms with Crippen molar-refractivity contribution in [1.29, 1.82) is 0 Å². The first-order chi connectivity index (χ1) is 7.24. The summed E-state index contributed by atoms with van der Waals surface area (Å²) in [7, 11) is 0. The van der Waals surface area contributed by atoms with Crippen molar-refractivity contribution >= 4 is 17.6 Å². The second-order valence-corrected chi connectivity index (χ2v) is 4.36. The molecule has 1 aromatic carbocycles. The Bertz CT molecular complexity index is 370. The molecule has 82 valence electrons. The van der Waals surface area contributed by atoms with Gasteiger partial charge < -0.3 is 11.1 Å². The van der Waals surface area contributed by atoms with Crippen LogP contribution < -0.4 is 16.2 Å². The summed E-state index contributed by atoms with van der Waals surface area (Å²) < 4.78 is 13.4. The third kappa shape index (κ3) is 2.09. The van der Waals surface area contributed by atoms with E-state index in [2.05, 4.69) is 5.32 Å². The summed E-state index contributed by atoms with van der Waals surface area (Å²) in [6, 6.07) is 3.67. The summed E-state index contributed by atoms with van der Waals surface area (Å²) in [6.45, 7) is 0.645. The number of hydrogen-bond acceptors (Lipinski definition) is 4. The van der Waals surface area contributed by atoms with Crippen molar-refractivity contribution in [3.05, 3.63) is 23.5 Å². The van der Waals surface area contributed by atoms with E-state index in [1.165, 1.54) is 0 Å². The highest BCUT2D eigenvalue weighted by Crippen LogP contribution is 2.32. The van der Waals surface area contributed by atoms with E-state index >= 15 is 0 Å². The summed E-state index contributed by atoms with van der Waals surface area (Å²) in [5.74, 6) is -0.239. The SMILES string of the molecule is NCCC1Cc2cc(F)c(SN)cc2N1. The molecular formula is C10H14FN3S. The largest absolute Gasteiger partial charge is 0.382 e. The highest BCUT2D eigenvalue weighted by Gasteiger charge is 2.21. The molecule has 1 aromatic rings. The molecule has 1 atom stereocenters.